The van der Waals surface area contributed by atoms with Crippen LogP contribution in [-0.4, -0.2) is 6.54 Å². The van der Waals surface area contributed by atoms with Crippen LogP contribution in [0, 0.1) is 6.92 Å². The maximum atomic E-state index is 3.66. The molecule has 1 heterocycles. The summed E-state index contributed by atoms with van der Waals surface area (Å²) in [6.45, 7) is 5.36. The van der Waals surface area contributed by atoms with Gasteiger partial charge in [0.25, 0.3) is 0 Å². The van der Waals surface area contributed by atoms with Gasteiger partial charge < -0.3 is 5.32 Å². The number of fused-ring (bicyclic) bond motifs is 1. The van der Waals surface area contributed by atoms with E-state index in [4.69, 9.17) is 0 Å². The Labute approximate surface area is 130 Å². The summed E-state index contributed by atoms with van der Waals surface area (Å²) in [5, 5.41) is 7.20. The number of likely N-dealkylation sites (N-methyl/N-ethyl adjacent to an activating group) is 1. The third-order valence-corrected chi connectivity index (χ3v) is 5.00. The molecule has 1 N–H and O–H groups in total. The van der Waals surface area contributed by atoms with E-state index in [0.29, 0.717) is 6.04 Å². The topological polar surface area (TPSA) is 12.0 Å². The summed E-state index contributed by atoms with van der Waals surface area (Å²) in [6, 6.07) is 17.9. The number of nitrogens with one attached hydrogen (secondary N) is 1. The molecule has 1 nitrogen and oxygen atoms in total. The summed E-state index contributed by atoms with van der Waals surface area (Å²) < 4.78 is 1.41. The standard InChI is InChI=1S/C19H21NS/c1-3-20-18(13-16-8-5-4-7-14(16)2)17-10-6-9-15-11-12-21-19(15)17/h4-12,18,20H,3,13H2,1-2H3. The molecule has 3 rings (SSSR count). The van der Waals surface area contributed by atoms with Crippen LogP contribution >= 0.6 is 11.3 Å². The summed E-state index contributed by atoms with van der Waals surface area (Å²) >= 11 is 1.84. The second kappa shape index (κ2) is 6.42. The molecule has 0 amide bonds. The lowest BCUT2D eigenvalue weighted by atomic mass is 9.95. The summed E-state index contributed by atoms with van der Waals surface area (Å²) in [5.41, 5.74) is 4.23. The number of thiophene rings is 1. The monoisotopic (exact) mass is 295 g/mol. The van der Waals surface area contributed by atoms with Crippen LogP contribution in [0.1, 0.15) is 29.7 Å². The Morgan fingerprint density at radius 2 is 1.90 bits per heavy atom. The summed E-state index contributed by atoms with van der Waals surface area (Å²) in [6.07, 6.45) is 1.04. The zero-order chi connectivity index (χ0) is 14.7. The molecule has 21 heavy (non-hydrogen) atoms. The average molecular weight is 295 g/mol. The highest BCUT2D eigenvalue weighted by Gasteiger charge is 2.15. The molecule has 1 atom stereocenters. The van der Waals surface area contributed by atoms with Gasteiger partial charge in [0.1, 0.15) is 0 Å². The maximum absolute atomic E-state index is 3.66. The first-order valence-corrected chi connectivity index (χ1v) is 8.41. The van der Waals surface area contributed by atoms with Gasteiger partial charge in [0.05, 0.1) is 0 Å². The van der Waals surface area contributed by atoms with Gasteiger partial charge in [0.2, 0.25) is 0 Å². The largest absolute Gasteiger partial charge is 0.310 e. The molecule has 0 aliphatic heterocycles. The van der Waals surface area contributed by atoms with Gasteiger partial charge in [-0.3, -0.25) is 0 Å². The number of hydrogen-bond acceptors (Lipinski definition) is 2. The summed E-state index contributed by atoms with van der Waals surface area (Å²) in [5.74, 6) is 0. The van der Waals surface area contributed by atoms with E-state index in [9.17, 15) is 0 Å². The van der Waals surface area contributed by atoms with E-state index < -0.39 is 0 Å². The molecule has 108 valence electrons. The van der Waals surface area contributed by atoms with Crippen LogP contribution in [0.5, 0.6) is 0 Å². The van der Waals surface area contributed by atoms with Crippen LogP contribution in [0.25, 0.3) is 10.1 Å². The van der Waals surface area contributed by atoms with Crippen molar-refractivity contribution in [2.75, 3.05) is 6.54 Å². The predicted octanol–water partition coefficient (Wildman–Crippen LogP) is 5.10. The Morgan fingerprint density at radius 3 is 2.71 bits per heavy atom. The van der Waals surface area contributed by atoms with Gasteiger partial charge in [-0.2, -0.15) is 0 Å². The van der Waals surface area contributed by atoms with Crippen molar-refractivity contribution in [3.05, 3.63) is 70.6 Å². The molecule has 1 aromatic heterocycles. The lowest BCUT2D eigenvalue weighted by Crippen LogP contribution is -2.23. The van der Waals surface area contributed by atoms with Gasteiger partial charge in [0.15, 0.2) is 0 Å². The molecule has 0 bridgehead atoms. The Hall–Kier alpha value is -1.64. The van der Waals surface area contributed by atoms with E-state index in [-0.39, 0.29) is 0 Å². The minimum absolute atomic E-state index is 0.374. The minimum atomic E-state index is 0.374. The molecule has 1 unspecified atom stereocenters. The SMILES string of the molecule is CCNC(Cc1ccccc1C)c1cccc2ccsc12. The normalized spacial score (nSPS) is 12.7. The Bertz CT molecular complexity index is 729. The number of aryl methyl sites for hydroxylation is 1. The average Bonchev–Trinajstić information content (AvgIpc) is 2.97. The highest BCUT2D eigenvalue weighted by molar-refractivity contribution is 7.17. The molecule has 0 fully saturated rings. The van der Waals surface area contributed by atoms with Crippen LogP contribution in [0.4, 0.5) is 0 Å². The van der Waals surface area contributed by atoms with Crippen molar-refractivity contribution in [3.8, 4) is 0 Å². The minimum Gasteiger partial charge on any atom is -0.310 e. The fourth-order valence-electron chi connectivity index (χ4n) is 2.89. The van der Waals surface area contributed by atoms with E-state index in [2.05, 4.69) is 73.1 Å². The van der Waals surface area contributed by atoms with Crippen LogP contribution < -0.4 is 5.32 Å². The van der Waals surface area contributed by atoms with Gasteiger partial charge in [-0.25, -0.2) is 0 Å². The van der Waals surface area contributed by atoms with Crippen molar-refractivity contribution < 1.29 is 0 Å². The second-order valence-corrected chi connectivity index (χ2v) is 6.34. The molecule has 2 aromatic carbocycles. The quantitative estimate of drug-likeness (QED) is 0.690. The molecule has 3 aromatic rings. The number of rotatable bonds is 5. The zero-order valence-electron chi connectivity index (χ0n) is 12.6. The van der Waals surface area contributed by atoms with Crippen LogP contribution in [0.15, 0.2) is 53.9 Å². The second-order valence-electron chi connectivity index (χ2n) is 5.43. The number of hydrogen-bond donors (Lipinski definition) is 1. The van der Waals surface area contributed by atoms with Crippen molar-refractivity contribution in [2.24, 2.45) is 0 Å². The summed E-state index contributed by atoms with van der Waals surface area (Å²) in [4.78, 5) is 0. The molecule has 0 radical (unpaired) electrons. The van der Waals surface area contributed by atoms with Crippen molar-refractivity contribution in [1.82, 2.24) is 5.32 Å². The molecule has 0 spiro atoms. The van der Waals surface area contributed by atoms with E-state index in [1.165, 1.54) is 26.8 Å². The van der Waals surface area contributed by atoms with E-state index >= 15 is 0 Å². The first kappa shape index (κ1) is 14.3. The van der Waals surface area contributed by atoms with Gasteiger partial charge in [-0.05, 0) is 53.4 Å². The summed E-state index contributed by atoms with van der Waals surface area (Å²) in [7, 11) is 0. The third kappa shape index (κ3) is 3.02. The van der Waals surface area contributed by atoms with Crippen molar-refractivity contribution in [2.45, 2.75) is 26.3 Å². The highest BCUT2D eigenvalue weighted by Crippen LogP contribution is 2.31. The van der Waals surface area contributed by atoms with Crippen molar-refractivity contribution in [3.63, 3.8) is 0 Å². The fourth-order valence-corrected chi connectivity index (χ4v) is 3.86. The fraction of sp³-hybridized carbons (Fsp3) is 0.263. The highest BCUT2D eigenvalue weighted by atomic mass is 32.1. The van der Waals surface area contributed by atoms with E-state index in [1.54, 1.807) is 0 Å². The predicted molar refractivity (Wildman–Crippen MR) is 93.1 cm³/mol. The number of benzene rings is 2. The zero-order valence-corrected chi connectivity index (χ0v) is 13.4. The lowest BCUT2D eigenvalue weighted by molar-refractivity contribution is 0.553. The Balaban J connectivity index is 1.98. The lowest BCUT2D eigenvalue weighted by Gasteiger charge is -2.20. The first-order chi connectivity index (χ1) is 10.3. The van der Waals surface area contributed by atoms with Gasteiger partial charge in [-0.15, -0.1) is 11.3 Å². The van der Waals surface area contributed by atoms with Gasteiger partial charge >= 0.3 is 0 Å². The van der Waals surface area contributed by atoms with E-state index in [1.807, 2.05) is 11.3 Å². The molecular formula is C19H21NS. The first-order valence-electron chi connectivity index (χ1n) is 7.53. The van der Waals surface area contributed by atoms with Gasteiger partial charge in [-0.1, -0.05) is 49.4 Å². The molecular weight excluding hydrogens is 274 g/mol. The molecule has 0 aliphatic carbocycles. The van der Waals surface area contributed by atoms with Crippen LogP contribution in [0.2, 0.25) is 0 Å². The maximum Gasteiger partial charge on any atom is 0.0390 e. The van der Waals surface area contributed by atoms with Gasteiger partial charge in [0, 0.05) is 10.7 Å². The molecule has 2 heteroatoms. The molecule has 0 saturated carbocycles. The molecule has 0 aliphatic rings. The molecule has 0 saturated heterocycles. The van der Waals surface area contributed by atoms with Crippen molar-refractivity contribution in [1.29, 1.82) is 0 Å². The third-order valence-electron chi connectivity index (χ3n) is 4.02. The van der Waals surface area contributed by atoms with Crippen molar-refractivity contribution >= 4 is 21.4 Å². The Morgan fingerprint density at radius 1 is 1.05 bits per heavy atom. The van der Waals surface area contributed by atoms with Crippen LogP contribution in [-0.2, 0) is 6.42 Å². The smallest absolute Gasteiger partial charge is 0.0390 e. The Kier molecular flexibility index (Phi) is 4.37. The van der Waals surface area contributed by atoms with E-state index in [0.717, 1.165) is 13.0 Å². The van der Waals surface area contributed by atoms with Crippen LogP contribution in [0.3, 0.4) is 0 Å².